The van der Waals surface area contributed by atoms with Gasteiger partial charge in [0.2, 0.25) is 5.95 Å². The van der Waals surface area contributed by atoms with Crippen LogP contribution in [0.2, 0.25) is 0 Å². The predicted molar refractivity (Wildman–Crippen MR) is 107 cm³/mol. The van der Waals surface area contributed by atoms with Gasteiger partial charge in [-0.25, -0.2) is 14.4 Å². The van der Waals surface area contributed by atoms with Crippen LogP contribution in [0, 0.1) is 17.1 Å². The number of rotatable bonds is 2. The van der Waals surface area contributed by atoms with E-state index in [1.807, 2.05) is 24.3 Å². The van der Waals surface area contributed by atoms with Crippen molar-refractivity contribution in [2.75, 3.05) is 18.0 Å². The number of piperidine rings is 1. The largest absolute Gasteiger partial charge is 0.341 e. The van der Waals surface area contributed by atoms with Crippen LogP contribution in [0.3, 0.4) is 0 Å². The topological polar surface area (TPSA) is 78.8 Å². The summed E-state index contributed by atoms with van der Waals surface area (Å²) in [6, 6.07) is 12.4. The van der Waals surface area contributed by atoms with Crippen LogP contribution >= 0.6 is 15.9 Å². The number of aromatic nitrogens is 2. The Balaban J connectivity index is 1.88. The fraction of sp³-hybridized carbons (Fsp3) is 0.250. The molecule has 3 aromatic rings. The summed E-state index contributed by atoms with van der Waals surface area (Å²) in [6.07, 6.45) is 1.78. The molecule has 2 N–H and O–H groups in total. The lowest BCUT2D eigenvalue weighted by molar-refractivity contribution is 0.496. The SMILES string of the molecule is N#Cc1ccc(-c2nc(N3CCC(N)CC3)nc3ccc(Br)cc23)cc1F. The average molecular weight is 426 g/mol. The summed E-state index contributed by atoms with van der Waals surface area (Å²) in [5.74, 6) is 0.0683. The van der Waals surface area contributed by atoms with Gasteiger partial charge >= 0.3 is 0 Å². The molecule has 27 heavy (non-hydrogen) atoms. The van der Waals surface area contributed by atoms with Crippen LogP contribution in [0.1, 0.15) is 18.4 Å². The molecule has 0 radical (unpaired) electrons. The van der Waals surface area contributed by atoms with Crippen LogP contribution in [0.5, 0.6) is 0 Å². The van der Waals surface area contributed by atoms with Crippen molar-refractivity contribution in [3.63, 3.8) is 0 Å². The van der Waals surface area contributed by atoms with Crippen LogP contribution < -0.4 is 10.6 Å². The lowest BCUT2D eigenvalue weighted by atomic mass is 10.0. The lowest BCUT2D eigenvalue weighted by Crippen LogP contribution is -2.40. The molecule has 0 atom stereocenters. The van der Waals surface area contributed by atoms with E-state index in [2.05, 4.69) is 20.8 Å². The zero-order chi connectivity index (χ0) is 19.0. The molecule has 1 saturated heterocycles. The second-order valence-electron chi connectivity index (χ2n) is 6.66. The molecule has 0 bridgehead atoms. The smallest absolute Gasteiger partial charge is 0.226 e. The number of anilines is 1. The second-order valence-corrected chi connectivity index (χ2v) is 7.58. The molecule has 5 nitrogen and oxygen atoms in total. The maximum Gasteiger partial charge on any atom is 0.226 e. The zero-order valence-corrected chi connectivity index (χ0v) is 16.1. The Hall–Kier alpha value is -2.56. The fourth-order valence-corrected chi connectivity index (χ4v) is 3.66. The molecule has 0 aliphatic carbocycles. The van der Waals surface area contributed by atoms with Gasteiger partial charge in [0, 0.05) is 34.6 Å². The van der Waals surface area contributed by atoms with Crippen molar-refractivity contribution >= 4 is 32.8 Å². The summed E-state index contributed by atoms with van der Waals surface area (Å²) in [5.41, 5.74) is 8.08. The number of halogens is 2. The third-order valence-corrected chi connectivity index (χ3v) is 5.32. The summed E-state index contributed by atoms with van der Waals surface area (Å²) in [6.45, 7) is 1.59. The second kappa shape index (κ2) is 7.22. The minimum Gasteiger partial charge on any atom is -0.341 e. The van der Waals surface area contributed by atoms with Gasteiger partial charge in [-0.1, -0.05) is 22.0 Å². The Morgan fingerprint density at radius 1 is 1.15 bits per heavy atom. The number of nitrogens with zero attached hydrogens (tertiary/aromatic N) is 4. The molecule has 1 aromatic heterocycles. The van der Waals surface area contributed by atoms with E-state index in [4.69, 9.17) is 21.0 Å². The Labute approximate surface area is 164 Å². The zero-order valence-electron chi connectivity index (χ0n) is 14.5. The molecule has 0 spiro atoms. The highest BCUT2D eigenvalue weighted by atomic mass is 79.9. The number of hydrogen-bond donors (Lipinski definition) is 1. The minimum absolute atomic E-state index is 0.0172. The minimum atomic E-state index is -0.553. The molecule has 7 heteroatoms. The van der Waals surface area contributed by atoms with Crippen LogP contribution in [0.4, 0.5) is 10.3 Å². The van der Waals surface area contributed by atoms with Crippen molar-refractivity contribution < 1.29 is 4.39 Å². The normalized spacial score (nSPS) is 15.1. The van der Waals surface area contributed by atoms with Gasteiger partial charge in [-0.15, -0.1) is 0 Å². The average Bonchev–Trinajstić information content (AvgIpc) is 2.67. The van der Waals surface area contributed by atoms with Crippen molar-refractivity contribution in [1.82, 2.24) is 9.97 Å². The van der Waals surface area contributed by atoms with Gasteiger partial charge in [-0.05, 0) is 43.2 Å². The molecule has 2 heterocycles. The van der Waals surface area contributed by atoms with Gasteiger partial charge in [0.1, 0.15) is 11.9 Å². The number of hydrogen-bond acceptors (Lipinski definition) is 5. The van der Waals surface area contributed by atoms with E-state index in [-0.39, 0.29) is 11.6 Å². The summed E-state index contributed by atoms with van der Waals surface area (Å²) in [4.78, 5) is 11.6. The number of nitriles is 1. The summed E-state index contributed by atoms with van der Waals surface area (Å²) < 4.78 is 15.1. The first kappa shape index (κ1) is 17.8. The maximum atomic E-state index is 14.2. The molecular formula is C20H17BrFN5. The van der Waals surface area contributed by atoms with E-state index in [1.54, 1.807) is 6.07 Å². The summed E-state index contributed by atoms with van der Waals surface area (Å²) >= 11 is 3.48. The molecule has 1 aliphatic rings. The molecule has 4 rings (SSSR count). The van der Waals surface area contributed by atoms with E-state index in [0.29, 0.717) is 17.2 Å². The molecule has 0 unspecified atom stereocenters. The van der Waals surface area contributed by atoms with Crippen molar-refractivity contribution in [3.8, 4) is 17.3 Å². The Morgan fingerprint density at radius 2 is 1.93 bits per heavy atom. The summed E-state index contributed by atoms with van der Waals surface area (Å²) in [7, 11) is 0. The van der Waals surface area contributed by atoms with Crippen LogP contribution in [-0.4, -0.2) is 29.1 Å². The highest BCUT2D eigenvalue weighted by Gasteiger charge is 2.20. The molecule has 1 aliphatic heterocycles. The van der Waals surface area contributed by atoms with Gasteiger partial charge in [-0.2, -0.15) is 5.26 Å². The van der Waals surface area contributed by atoms with E-state index < -0.39 is 5.82 Å². The van der Waals surface area contributed by atoms with Gasteiger partial charge in [0.15, 0.2) is 0 Å². The van der Waals surface area contributed by atoms with E-state index in [0.717, 1.165) is 41.3 Å². The first-order valence-corrected chi connectivity index (χ1v) is 9.52. The molecule has 0 amide bonds. The predicted octanol–water partition coefficient (Wildman–Crippen LogP) is 4.00. The third-order valence-electron chi connectivity index (χ3n) is 4.83. The molecule has 0 saturated carbocycles. The quantitative estimate of drug-likeness (QED) is 0.670. The molecule has 1 fully saturated rings. The number of benzene rings is 2. The number of nitrogens with two attached hydrogens (primary N) is 1. The highest BCUT2D eigenvalue weighted by molar-refractivity contribution is 9.10. The van der Waals surface area contributed by atoms with Crippen molar-refractivity contribution in [2.45, 2.75) is 18.9 Å². The standard InChI is InChI=1S/C20H17BrFN5/c21-14-3-4-18-16(10-14)19(12-1-2-13(11-23)17(22)9-12)26-20(25-18)27-7-5-15(24)6-8-27/h1-4,9-10,15H,5-8,24H2. The van der Waals surface area contributed by atoms with Crippen molar-refractivity contribution in [2.24, 2.45) is 5.73 Å². The van der Waals surface area contributed by atoms with Crippen LogP contribution in [0.15, 0.2) is 40.9 Å². The van der Waals surface area contributed by atoms with Gasteiger partial charge in [-0.3, -0.25) is 0 Å². The van der Waals surface area contributed by atoms with Gasteiger partial charge in [0.25, 0.3) is 0 Å². The Kier molecular flexibility index (Phi) is 4.77. The first-order chi connectivity index (χ1) is 13.0. The first-order valence-electron chi connectivity index (χ1n) is 8.73. The van der Waals surface area contributed by atoms with Gasteiger partial charge in [0.05, 0.1) is 16.8 Å². The molecular weight excluding hydrogens is 409 g/mol. The number of fused-ring (bicyclic) bond motifs is 1. The summed E-state index contributed by atoms with van der Waals surface area (Å²) in [5, 5.41) is 9.81. The van der Waals surface area contributed by atoms with E-state index >= 15 is 0 Å². The van der Waals surface area contributed by atoms with E-state index in [9.17, 15) is 4.39 Å². The lowest BCUT2D eigenvalue weighted by Gasteiger charge is -2.30. The highest BCUT2D eigenvalue weighted by Crippen LogP contribution is 2.31. The third kappa shape index (κ3) is 3.51. The Bertz CT molecular complexity index is 1050. The van der Waals surface area contributed by atoms with Crippen molar-refractivity contribution in [3.05, 3.63) is 52.3 Å². The van der Waals surface area contributed by atoms with E-state index in [1.165, 1.54) is 12.1 Å². The molecule has 136 valence electrons. The van der Waals surface area contributed by atoms with Crippen LogP contribution in [0.25, 0.3) is 22.2 Å². The Morgan fingerprint density at radius 3 is 2.63 bits per heavy atom. The fourth-order valence-electron chi connectivity index (χ4n) is 3.30. The van der Waals surface area contributed by atoms with Gasteiger partial charge < -0.3 is 10.6 Å². The van der Waals surface area contributed by atoms with Crippen LogP contribution in [-0.2, 0) is 0 Å². The monoisotopic (exact) mass is 425 g/mol. The van der Waals surface area contributed by atoms with Crippen molar-refractivity contribution in [1.29, 1.82) is 5.26 Å². The maximum absolute atomic E-state index is 14.2. The molecule has 2 aromatic carbocycles.